The predicted octanol–water partition coefficient (Wildman–Crippen LogP) is 18.1. The lowest BCUT2D eigenvalue weighted by Crippen LogP contribution is -2.35. The first-order valence-corrected chi connectivity index (χ1v) is 28.2. The first-order chi connectivity index (χ1) is 36.4. The largest absolute Gasteiger partial charge is 0.452 e. The van der Waals surface area contributed by atoms with Crippen LogP contribution in [0.3, 0.4) is 0 Å². The zero-order chi connectivity index (χ0) is 58.6. The molecule has 2 N–H and O–H groups in total. The van der Waals surface area contributed by atoms with Gasteiger partial charge in [0, 0.05) is 67.0 Å². The number of para-hydroxylation sites is 1. The zero-order valence-electron chi connectivity index (χ0n) is 51.8. The van der Waals surface area contributed by atoms with Crippen LogP contribution in [0, 0.1) is 17.8 Å². The molecule has 76 heavy (non-hydrogen) atoms. The molecular formula is C64H106N8O4. The normalized spacial score (nSPS) is 11.5. The Balaban J connectivity index is -0.000000803. The van der Waals surface area contributed by atoms with Crippen molar-refractivity contribution in [1.82, 2.24) is 34.6 Å². The quantitative estimate of drug-likeness (QED) is 0.172. The Kier molecular flexibility index (Phi) is 44.8. The molecule has 0 amide bonds. The second-order valence-corrected chi connectivity index (χ2v) is 18.5. The Morgan fingerprint density at radius 3 is 1.67 bits per heavy atom. The number of fused-ring (bicyclic) bond motifs is 5. The van der Waals surface area contributed by atoms with Crippen LogP contribution in [0.15, 0.2) is 131 Å². The van der Waals surface area contributed by atoms with E-state index in [2.05, 4.69) is 174 Å². The standard InChI is InChI=1S/C12H17N.C9H11N3.C9H9N.C6H4N2O2.C6H5NO2.3C4H10.5C2H6/c1-10(2)13-8-7-11-5-3-4-6-12(11)9-13;1-7(2)12-9-6-10-4-3-8(9)5-11-12;1-7-6-8-4-2-3-5-9(8)10-7;9-6-8-5-4(10-6)2-1-3-7-5;1-2-5-6(7-3-1)9-4-8-5;3*1-4(2)3;5*1-2/h3-6,10H,7-9H2,1-2H3;3-7H,1-2H3;2-5,10H,1,6H2;1-3H,(H,7,8,9);1-3H,4H2;3*4H,1-3H3;5*1-2H3. The number of pyridine rings is 3. The minimum atomic E-state index is -0.464. The molecule has 0 radical (unpaired) electrons. The van der Waals surface area contributed by atoms with Crippen LogP contribution in [-0.4, -0.2) is 54.0 Å². The van der Waals surface area contributed by atoms with Gasteiger partial charge in [0.25, 0.3) is 5.88 Å². The highest BCUT2D eigenvalue weighted by molar-refractivity contribution is 5.77. The molecule has 0 atom stereocenters. The van der Waals surface area contributed by atoms with Gasteiger partial charge in [-0.2, -0.15) is 5.10 Å². The van der Waals surface area contributed by atoms with E-state index in [0.717, 1.165) is 53.1 Å². The van der Waals surface area contributed by atoms with Crippen molar-refractivity contribution in [3.63, 3.8) is 0 Å². The van der Waals surface area contributed by atoms with Crippen LogP contribution in [0.1, 0.15) is 182 Å². The van der Waals surface area contributed by atoms with Gasteiger partial charge >= 0.3 is 5.76 Å². The molecule has 5 aromatic heterocycles. The number of oxazole rings is 1. The summed E-state index contributed by atoms with van der Waals surface area (Å²) in [5.74, 6) is 3.36. The number of H-pyrrole nitrogens is 1. The maximum Gasteiger partial charge on any atom is 0.418 e. The van der Waals surface area contributed by atoms with Gasteiger partial charge in [0.2, 0.25) is 6.79 Å². The van der Waals surface area contributed by atoms with Gasteiger partial charge in [0.05, 0.1) is 17.9 Å². The van der Waals surface area contributed by atoms with E-state index in [1.807, 2.05) is 111 Å². The van der Waals surface area contributed by atoms with Crippen molar-refractivity contribution in [2.75, 3.05) is 18.7 Å². The zero-order valence-corrected chi connectivity index (χ0v) is 51.8. The van der Waals surface area contributed by atoms with Crippen LogP contribution in [0.4, 0.5) is 5.69 Å². The van der Waals surface area contributed by atoms with Crippen molar-refractivity contribution >= 4 is 27.8 Å². The number of anilines is 1. The van der Waals surface area contributed by atoms with Gasteiger partial charge in [-0.05, 0) is 105 Å². The lowest BCUT2D eigenvalue weighted by molar-refractivity contribution is 0.171. The molecule has 8 heterocycles. The summed E-state index contributed by atoms with van der Waals surface area (Å²) < 4.78 is 16.6. The monoisotopic (exact) mass is 1050 g/mol. The molecule has 12 nitrogen and oxygen atoms in total. The fourth-order valence-electron chi connectivity index (χ4n) is 6.05. The highest BCUT2D eigenvalue weighted by Gasteiger charge is 2.17. The van der Waals surface area contributed by atoms with E-state index in [1.165, 1.54) is 29.8 Å². The molecule has 426 valence electrons. The highest BCUT2D eigenvalue weighted by atomic mass is 16.7. The van der Waals surface area contributed by atoms with Crippen molar-refractivity contribution in [2.45, 2.75) is 191 Å². The summed E-state index contributed by atoms with van der Waals surface area (Å²) in [6, 6.07) is 27.2. The third-order valence-corrected chi connectivity index (χ3v) is 8.85. The summed E-state index contributed by atoms with van der Waals surface area (Å²) in [5, 5.41) is 8.63. The summed E-state index contributed by atoms with van der Waals surface area (Å²) >= 11 is 0. The number of rotatable bonds is 2. The lowest BCUT2D eigenvalue weighted by atomic mass is 9.99. The topological polar surface area (TPSA) is 136 Å². The number of allylic oxidation sites excluding steroid dienone is 1. The molecule has 3 aliphatic rings. The van der Waals surface area contributed by atoms with Gasteiger partial charge in [-0.15, -0.1) is 0 Å². The van der Waals surface area contributed by atoms with Crippen LogP contribution in [0.2, 0.25) is 0 Å². The molecule has 3 aliphatic heterocycles. The summed E-state index contributed by atoms with van der Waals surface area (Å²) in [4.78, 5) is 27.3. The maximum atomic E-state index is 10.5. The number of aromatic amines is 1. The number of aromatic nitrogens is 6. The molecule has 0 unspecified atom stereocenters. The molecule has 7 aromatic rings. The first kappa shape index (κ1) is 74.0. The second-order valence-electron chi connectivity index (χ2n) is 18.5. The molecule has 2 aromatic carbocycles. The van der Waals surface area contributed by atoms with Crippen molar-refractivity contribution < 1.29 is 13.9 Å². The number of hydrogen-bond donors (Lipinski definition) is 2. The Hall–Kier alpha value is -6.27. The van der Waals surface area contributed by atoms with E-state index in [4.69, 9.17) is 13.9 Å². The Bertz CT molecular complexity index is 2400. The Morgan fingerprint density at radius 2 is 1.13 bits per heavy atom. The van der Waals surface area contributed by atoms with Gasteiger partial charge in [-0.1, -0.05) is 181 Å². The fraction of sp³-hybridized carbons (Fsp3) is 0.516. The Labute approximate surface area is 462 Å². The molecule has 0 saturated carbocycles. The van der Waals surface area contributed by atoms with E-state index >= 15 is 0 Å². The molecule has 12 heteroatoms. The van der Waals surface area contributed by atoms with Crippen molar-refractivity contribution in [1.29, 1.82) is 0 Å². The van der Waals surface area contributed by atoms with E-state index in [-0.39, 0.29) is 0 Å². The third-order valence-electron chi connectivity index (χ3n) is 8.85. The minimum absolute atomic E-state index is 0.298. The lowest BCUT2D eigenvalue weighted by Gasteiger charge is -2.31. The van der Waals surface area contributed by atoms with Gasteiger partial charge in [0.1, 0.15) is 0 Å². The molecule has 0 saturated heterocycles. The Morgan fingerprint density at radius 1 is 0.592 bits per heavy atom. The van der Waals surface area contributed by atoms with Crippen LogP contribution in [0.5, 0.6) is 11.6 Å². The SMILES string of the molecule is C=C1Cc2ccccc2N1.CC.CC.CC.CC.CC.CC(C)C.CC(C)C.CC(C)C.CC(C)N1CCc2ccccc2C1.CC(C)n1ncc2ccncc21.O=c1[nH]c2ncccc2o1.c1cnc2c(c1)OCO2. The number of hydrogen-bond acceptors (Lipinski definition) is 10. The summed E-state index contributed by atoms with van der Waals surface area (Å²) in [6.07, 6.45) is 11.0. The molecule has 10 rings (SSSR count). The smallest absolute Gasteiger partial charge is 0.418 e. The second kappa shape index (κ2) is 46.1. The van der Waals surface area contributed by atoms with Crippen molar-refractivity contribution in [2.24, 2.45) is 17.8 Å². The number of ether oxygens (including phenoxy) is 2. The van der Waals surface area contributed by atoms with Gasteiger partial charge in [-0.3, -0.25) is 19.5 Å². The summed E-state index contributed by atoms with van der Waals surface area (Å²) in [6.45, 7) is 54.8. The predicted molar refractivity (Wildman–Crippen MR) is 330 cm³/mol. The minimum Gasteiger partial charge on any atom is -0.452 e. The van der Waals surface area contributed by atoms with Crippen LogP contribution < -0.4 is 20.5 Å². The maximum absolute atomic E-state index is 10.5. The van der Waals surface area contributed by atoms with Crippen molar-refractivity contribution in [3.8, 4) is 11.6 Å². The third kappa shape index (κ3) is 32.2. The van der Waals surface area contributed by atoms with Gasteiger partial charge in [0.15, 0.2) is 17.0 Å². The van der Waals surface area contributed by atoms with Crippen molar-refractivity contribution in [3.05, 3.63) is 149 Å². The van der Waals surface area contributed by atoms with E-state index < -0.39 is 5.76 Å². The summed E-state index contributed by atoms with van der Waals surface area (Å²) in [7, 11) is 0. The molecule has 0 spiro atoms. The van der Waals surface area contributed by atoms with Crippen LogP contribution >= 0.6 is 0 Å². The average Bonchev–Trinajstić information content (AvgIpc) is 4.25. The summed E-state index contributed by atoms with van der Waals surface area (Å²) in [5.41, 5.74) is 8.82. The molecule has 0 bridgehead atoms. The van der Waals surface area contributed by atoms with Gasteiger partial charge in [-0.25, -0.2) is 14.8 Å². The average molecular weight is 1050 g/mol. The van der Waals surface area contributed by atoms with E-state index in [9.17, 15) is 4.79 Å². The number of nitrogens with one attached hydrogen (secondary N) is 2. The van der Waals surface area contributed by atoms with Gasteiger partial charge < -0.3 is 19.2 Å². The highest BCUT2D eigenvalue weighted by Crippen LogP contribution is 2.28. The van der Waals surface area contributed by atoms with E-state index in [0.29, 0.717) is 36.0 Å². The van der Waals surface area contributed by atoms with E-state index in [1.54, 1.807) is 36.3 Å². The number of nitrogens with zero attached hydrogens (tertiary/aromatic N) is 6. The molecule has 0 fully saturated rings. The number of benzene rings is 2. The van der Waals surface area contributed by atoms with Crippen LogP contribution in [-0.2, 0) is 19.4 Å². The molecular weight excluding hydrogens is 945 g/mol. The molecule has 0 aliphatic carbocycles. The first-order valence-electron chi connectivity index (χ1n) is 28.2. The van der Waals surface area contributed by atoms with Crippen LogP contribution in [0.25, 0.3) is 22.1 Å². The fourth-order valence-corrected chi connectivity index (χ4v) is 6.05.